The minimum absolute atomic E-state index is 0. The molecule has 2 rings (SSSR count). The molecule has 6 nitrogen and oxygen atoms in total. The maximum absolute atomic E-state index is 5.56. The number of rotatable bonds is 6. The van der Waals surface area contributed by atoms with E-state index < -0.39 is 0 Å². The van der Waals surface area contributed by atoms with Crippen LogP contribution in [0.2, 0.25) is 0 Å². The molecule has 7 heteroatoms. The predicted octanol–water partition coefficient (Wildman–Crippen LogP) is 2.23. The smallest absolute Gasteiger partial charge is 0.191 e. The fraction of sp³-hybridized carbons (Fsp3) is 0.944. The fourth-order valence-electron chi connectivity index (χ4n) is 3.69. The van der Waals surface area contributed by atoms with E-state index in [1.165, 1.54) is 32.1 Å². The minimum Gasteiger partial charge on any atom is -0.379 e. The highest BCUT2D eigenvalue weighted by Crippen LogP contribution is 2.33. The monoisotopic (exact) mass is 468 g/mol. The summed E-state index contributed by atoms with van der Waals surface area (Å²) in [4.78, 5) is 7.03. The van der Waals surface area contributed by atoms with Crippen molar-refractivity contribution < 1.29 is 9.47 Å². The Morgan fingerprint density at radius 3 is 2.36 bits per heavy atom. The van der Waals surface area contributed by atoms with Crippen LogP contribution in [0.4, 0.5) is 0 Å². The topological polar surface area (TPSA) is 58.1 Å². The molecule has 0 aromatic rings. The summed E-state index contributed by atoms with van der Waals surface area (Å²) in [6.07, 6.45) is 6.53. The van der Waals surface area contributed by atoms with E-state index in [1.54, 1.807) is 7.11 Å². The molecule has 1 aliphatic carbocycles. The summed E-state index contributed by atoms with van der Waals surface area (Å²) in [6.45, 7) is 9.63. The zero-order chi connectivity index (χ0) is 17.5. The summed E-state index contributed by atoms with van der Waals surface area (Å²) in [5, 5.41) is 6.97. The highest BCUT2D eigenvalue weighted by atomic mass is 127. The van der Waals surface area contributed by atoms with E-state index in [1.807, 2.05) is 7.05 Å². The number of halogens is 1. The van der Waals surface area contributed by atoms with E-state index in [2.05, 4.69) is 34.4 Å². The van der Waals surface area contributed by atoms with Gasteiger partial charge in [0.2, 0.25) is 0 Å². The molecule has 0 amide bonds. The lowest BCUT2D eigenvalue weighted by Gasteiger charge is -2.48. The van der Waals surface area contributed by atoms with Crippen molar-refractivity contribution in [3.05, 3.63) is 0 Å². The first-order chi connectivity index (χ1) is 11.5. The maximum atomic E-state index is 5.56. The number of nitrogens with one attached hydrogen (secondary N) is 2. The molecule has 0 radical (unpaired) electrons. The van der Waals surface area contributed by atoms with E-state index in [0.29, 0.717) is 0 Å². The Kier molecular flexibility index (Phi) is 9.98. The average molecular weight is 468 g/mol. The van der Waals surface area contributed by atoms with E-state index in [9.17, 15) is 0 Å². The van der Waals surface area contributed by atoms with Crippen LogP contribution in [0.1, 0.15) is 46.0 Å². The standard InChI is InChI=1S/C18H36N4O2.HI/c1-17(2,23-4)14-20-16(19-3)21-15-18(8-6-5-7-9-18)22-10-12-24-13-11-22;/h5-15H2,1-4H3,(H2,19,20,21);1H. The summed E-state index contributed by atoms with van der Waals surface area (Å²) >= 11 is 0. The van der Waals surface area contributed by atoms with Crippen molar-refractivity contribution in [3.8, 4) is 0 Å². The molecule has 2 aliphatic rings. The Morgan fingerprint density at radius 2 is 1.80 bits per heavy atom. The SMILES string of the molecule is CN=C(NCC(C)(C)OC)NCC1(N2CCOCC2)CCCCC1.I. The molecule has 0 bridgehead atoms. The zero-order valence-corrected chi connectivity index (χ0v) is 18.7. The molecular weight excluding hydrogens is 431 g/mol. The van der Waals surface area contributed by atoms with Crippen LogP contribution in [0.3, 0.4) is 0 Å². The van der Waals surface area contributed by atoms with Gasteiger partial charge in [0.05, 0.1) is 18.8 Å². The van der Waals surface area contributed by atoms with E-state index in [-0.39, 0.29) is 35.1 Å². The van der Waals surface area contributed by atoms with Gasteiger partial charge in [-0.25, -0.2) is 0 Å². The second kappa shape index (κ2) is 10.9. The lowest BCUT2D eigenvalue weighted by atomic mass is 9.80. The molecule has 0 aromatic heterocycles. The summed E-state index contributed by atoms with van der Waals surface area (Å²) in [5.74, 6) is 0.860. The lowest BCUT2D eigenvalue weighted by molar-refractivity contribution is -0.0353. The Balaban J connectivity index is 0.00000312. The van der Waals surface area contributed by atoms with Gasteiger partial charge in [-0.2, -0.15) is 0 Å². The quantitative estimate of drug-likeness (QED) is 0.356. The molecule has 0 unspecified atom stereocenters. The van der Waals surface area contributed by atoms with E-state index >= 15 is 0 Å². The second-order valence-electron chi connectivity index (χ2n) is 7.63. The number of methoxy groups -OCH3 is 1. The molecule has 2 fully saturated rings. The Bertz CT molecular complexity index is 406. The maximum Gasteiger partial charge on any atom is 0.191 e. The van der Waals surface area contributed by atoms with Gasteiger partial charge in [0.25, 0.3) is 0 Å². The molecule has 148 valence electrons. The normalized spacial score (nSPS) is 22.2. The van der Waals surface area contributed by atoms with E-state index in [0.717, 1.165) is 45.4 Å². The first kappa shape index (κ1) is 22.9. The lowest BCUT2D eigenvalue weighted by Crippen LogP contribution is -2.60. The third kappa shape index (κ3) is 6.84. The summed E-state index contributed by atoms with van der Waals surface area (Å²) in [6, 6.07) is 0. The third-order valence-corrected chi connectivity index (χ3v) is 5.51. The molecule has 2 N–H and O–H groups in total. The van der Waals surface area contributed by atoms with Gasteiger partial charge >= 0.3 is 0 Å². The van der Waals surface area contributed by atoms with Crippen LogP contribution < -0.4 is 10.6 Å². The summed E-state index contributed by atoms with van der Waals surface area (Å²) < 4.78 is 11.0. The van der Waals surface area contributed by atoms with Gasteiger partial charge in [-0.1, -0.05) is 19.3 Å². The molecule has 0 spiro atoms. The van der Waals surface area contributed by atoms with Gasteiger partial charge in [0.15, 0.2) is 5.96 Å². The van der Waals surface area contributed by atoms with Gasteiger partial charge in [0.1, 0.15) is 0 Å². The average Bonchev–Trinajstić information content (AvgIpc) is 2.63. The highest BCUT2D eigenvalue weighted by Gasteiger charge is 2.38. The molecule has 1 saturated carbocycles. The number of nitrogens with zero attached hydrogens (tertiary/aromatic N) is 2. The minimum atomic E-state index is -0.204. The fourth-order valence-corrected chi connectivity index (χ4v) is 3.69. The predicted molar refractivity (Wildman–Crippen MR) is 114 cm³/mol. The molecular formula is C18H37IN4O2. The molecule has 0 atom stereocenters. The van der Waals surface area contributed by atoms with Crippen LogP contribution in [-0.2, 0) is 9.47 Å². The Labute approximate surface area is 170 Å². The number of aliphatic imine (C=N–C) groups is 1. The molecule has 1 saturated heterocycles. The van der Waals surface area contributed by atoms with Gasteiger partial charge in [-0.05, 0) is 26.7 Å². The molecule has 0 aromatic carbocycles. The van der Waals surface area contributed by atoms with Crippen LogP contribution in [0.15, 0.2) is 4.99 Å². The van der Waals surface area contributed by atoms with Crippen molar-refractivity contribution in [2.45, 2.75) is 57.1 Å². The summed E-state index contributed by atoms with van der Waals surface area (Å²) in [5.41, 5.74) is 0.0424. The van der Waals surface area contributed by atoms with Crippen molar-refractivity contribution in [2.75, 3.05) is 53.6 Å². The van der Waals surface area contributed by atoms with Crippen LogP contribution in [0.25, 0.3) is 0 Å². The number of hydrogen-bond donors (Lipinski definition) is 2. The van der Waals surface area contributed by atoms with Crippen molar-refractivity contribution in [2.24, 2.45) is 4.99 Å². The Hall–Kier alpha value is -0.120. The van der Waals surface area contributed by atoms with Crippen molar-refractivity contribution in [1.29, 1.82) is 0 Å². The number of morpholine rings is 1. The van der Waals surface area contributed by atoms with Crippen LogP contribution in [-0.4, -0.2) is 75.5 Å². The molecule has 25 heavy (non-hydrogen) atoms. The number of ether oxygens (including phenoxy) is 2. The molecule has 1 aliphatic heterocycles. The third-order valence-electron chi connectivity index (χ3n) is 5.51. The summed E-state index contributed by atoms with van der Waals surface area (Å²) in [7, 11) is 3.57. The number of guanidine groups is 1. The van der Waals surface area contributed by atoms with Crippen LogP contribution >= 0.6 is 24.0 Å². The van der Waals surface area contributed by atoms with Gasteiger partial charge in [0, 0.05) is 45.9 Å². The highest BCUT2D eigenvalue weighted by molar-refractivity contribution is 14.0. The van der Waals surface area contributed by atoms with Gasteiger partial charge in [-0.3, -0.25) is 9.89 Å². The van der Waals surface area contributed by atoms with Crippen molar-refractivity contribution in [1.82, 2.24) is 15.5 Å². The first-order valence-corrected chi connectivity index (χ1v) is 9.34. The van der Waals surface area contributed by atoms with Crippen LogP contribution in [0, 0.1) is 0 Å². The number of hydrogen-bond acceptors (Lipinski definition) is 4. The van der Waals surface area contributed by atoms with Gasteiger partial charge < -0.3 is 20.1 Å². The van der Waals surface area contributed by atoms with Crippen LogP contribution in [0.5, 0.6) is 0 Å². The largest absolute Gasteiger partial charge is 0.379 e. The van der Waals surface area contributed by atoms with Crippen molar-refractivity contribution >= 4 is 29.9 Å². The Morgan fingerprint density at radius 1 is 1.16 bits per heavy atom. The molecule has 1 heterocycles. The van der Waals surface area contributed by atoms with Gasteiger partial charge in [-0.15, -0.1) is 24.0 Å². The second-order valence-corrected chi connectivity index (χ2v) is 7.63. The van der Waals surface area contributed by atoms with E-state index in [4.69, 9.17) is 9.47 Å². The van der Waals surface area contributed by atoms with Crippen molar-refractivity contribution in [3.63, 3.8) is 0 Å². The zero-order valence-electron chi connectivity index (χ0n) is 16.4. The first-order valence-electron chi connectivity index (χ1n) is 9.34.